The van der Waals surface area contributed by atoms with Gasteiger partial charge in [-0.05, 0) is 49.3 Å². The number of rotatable bonds is 3. The van der Waals surface area contributed by atoms with E-state index < -0.39 is 10.0 Å². The van der Waals surface area contributed by atoms with E-state index in [0.29, 0.717) is 11.5 Å². The molecule has 0 radical (unpaired) electrons. The van der Waals surface area contributed by atoms with Gasteiger partial charge in [0, 0.05) is 11.7 Å². The van der Waals surface area contributed by atoms with Crippen LogP contribution in [0.2, 0.25) is 0 Å². The van der Waals surface area contributed by atoms with Crippen molar-refractivity contribution in [1.82, 2.24) is 0 Å². The van der Waals surface area contributed by atoms with Crippen molar-refractivity contribution in [2.75, 3.05) is 5.32 Å². The minimum absolute atomic E-state index is 0.163. The number of hydrogen-bond donors (Lipinski definition) is 2. The molecule has 0 aromatic heterocycles. The fourth-order valence-electron chi connectivity index (χ4n) is 2.80. The first-order valence-corrected chi connectivity index (χ1v) is 8.70. The second kappa shape index (κ2) is 5.74. The number of primary sulfonamides is 1. The van der Waals surface area contributed by atoms with E-state index in [1.165, 1.54) is 25.3 Å². The Morgan fingerprint density at radius 3 is 2.70 bits per heavy atom. The van der Waals surface area contributed by atoms with Gasteiger partial charge in [-0.1, -0.05) is 26.3 Å². The molecule has 1 aromatic rings. The molecule has 1 aliphatic carbocycles. The number of nitrogens with one attached hydrogen (secondary N) is 1. The molecule has 1 unspecified atom stereocenters. The van der Waals surface area contributed by atoms with Crippen molar-refractivity contribution in [3.63, 3.8) is 0 Å². The topological polar surface area (TPSA) is 72.2 Å². The quantitative estimate of drug-likeness (QED) is 0.842. The zero-order valence-corrected chi connectivity index (χ0v) is 13.0. The lowest BCUT2D eigenvalue weighted by molar-refractivity contribution is 0.313. The largest absolute Gasteiger partial charge is 0.382 e. The van der Waals surface area contributed by atoms with Gasteiger partial charge in [0.25, 0.3) is 0 Å². The smallest absolute Gasteiger partial charge is 0.238 e. The van der Waals surface area contributed by atoms with Crippen LogP contribution >= 0.6 is 0 Å². The van der Waals surface area contributed by atoms with Crippen LogP contribution in [0, 0.1) is 5.41 Å². The molecular weight excluding hydrogens is 272 g/mol. The maximum Gasteiger partial charge on any atom is 0.238 e. The lowest BCUT2D eigenvalue weighted by Crippen LogP contribution is -2.20. The lowest BCUT2D eigenvalue weighted by atomic mass is 9.85. The highest BCUT2D eigenvalue weighted by Gasteiger charge is 2.24. The summed E-state index contributed by atoms with van der Waals surface area (Å²) in [6.07, 6.45) is 5.90. The van der Waals surface area contributed by atoms with Gasteiger partial charge in [-0.3, -0.25) is 0 Å². The molecule has 1 atom stereocenters. The van der Waals surface area contributed by atoms with Crippen LogP contribution in [0.4, 0.5) is 5.69 Å². The van der Waals surface area contributed by atoms with E-state index in [4.69, 9.17) is 5.14 Å². The third kappa shape index (κ3) is 4.21. The summed E-state index contributed by atoms with van der Waals surface area (Å²) in [7, 11) is -3.63. The molecule has 1 aromatic carbocycles. The van der Waals surface area contributed by atoms with Gasteiger partial charge in [0.15, 0.2) is 0 Å². The summed E-state index contributed by atoms with van der Waals surface area (Å²) in [4.78, 5) is 0.163. The Morgan fingerprint density at radius 2 is 2.00 bits per heavy atom. The van der Waals surface area contributed by atoms with Gasteiger partial charge in [0.1, 0.15) is 0 Å². The van der Waals surface area contributed by atoms with E-state index in [9.17, 15) is 8.42 Å². The monoisotopic (exact) mass is 296 g/mol. The second-order valence-corrected chi connectivity index (χ2v) is 8.07. The van der Waals surface area contributed by atoms with Crippen LogP contribution in [0.5, 0.6) is 0 Å². The van der Waals surface area contributed by atoms with E-state index in [1.54, 1.807) is 12.1 Å². The first kappa shape index (κ1) is 15.3. The maximum atomic E-state index is 11.4. The van der Waals surface area contributed by atoms with Gasteiger partial charge in [-0.25, -0.2) is 13.6 Å². The zero-order chi connectivity index (χ0) is 14.8. The van der Waals surface area contributed by atoms with E-state index in [2.05, 4.69) is 19.2 Å². The summed E-state index contributed by atoms with van der Waals surface area (Å²) >= 11 is 0. The fourth-order valence-corrected chi connectivity index (χ4v) is 3.36. The summed E-state index contributed by atoms with van der Waals surface area (Å²) < 4.78 is 22.7. The molecule has 112 valence electrons. The summed E-state index contributed by atoms with van der Waals surface area (Å²) in [6.45, 7) is 4.63. The summed E-state index contributed by atoms with van der Waals surface area (Å²) in [5.74, 6) is 0. The Hall–Kier alpha value is -1.07. The highest BCUT2D eigenvalue weighted by Crippen LogP contribution is 2.34. The van der Waals surface area contributed by atoms with Crippen molar-refractivity contribution < 1.29 is 8.42 Å². The molecule has 0 aliphatic heterocycles. The Kier molecular flexibility index (Phi) is 4.39. The Morgan fingerprint density at radius 1 is 1.25 bits per heavy atom. The van der Waals surface area contributed by atoms with Crippen LogP contribution in [-0.4, -0.2) is 14.5 Å². The zero-order valence-electron chi connectivity index (χ0n) is 12.2. The van der Waals surface area contributed by atoms with Crippen molar-refractivity contribution >= 4 is 15.7 Å². The predicted molar refractivity (Wildman–Crippen MR) is 82.1 cm³/mol. The molecule has 1 fully saturated rings. The normalized spacial score (nSPS) is 23.1. The van der Waals surface area contributed by atoms with Crippen LogP contribution in [-0.2, 0) is 10.0 Å². The van der Waals surface area contributed by atoms with Gasteiger partial charge >= 0.3 is 0 Å². The first-order valence-electron chi connectivity index (χ1n) is 7.16. The Labute approximate surface area is 121 Å². The number of sulfonamides is 1. The number of nitrogens with two attached hydrogens (primary N) is 1. The summed E-state index contributed by atoms with van der Waals surface area (Å²) in [5, 5.41) is 8.61. The van der Waals surface area contributed by atoms with Crippen LogP contribution < -0.4 is 10.5 Å². The summed E-state index contributed by atoms with van der Waals surface area (Å²) in [6, 6.07) is 7.17. The van der Waals surface area contributed by atoms with E-state index in [1.807, 2.05) is 6.07 Å². The Bertz CT molecular complexity index is 567. The maximum absolute atomic E-state index is 11.4. The molecule has 0 heterocycles. The van der Waals surface area contributed by atoms with Crippen molar-refractivity contribution in [3.8, 4) is 0 Å². The molecule has 1 aliphatic rings. The molecule has 0 spiro atoms. The van der Waals surface area contributed by atoms with Gasteiger partial charge in [-0.15, -0.1) is 0 Å². The molecule has 3 N–H and O–H groups in total. The van der Waals surface area contributed by atoms with Crippen molar-refractivity contribution in [3.05, 3.63) is 24.3 Å². The third-order valence-corrected chi connectivity index (χ3v) is 5.02. The van der Waals surface area contributed by atoms with Crippen LogP contribution in [0.15, 0.2) is 29.2 Å². The SMILES string of the molecule is CC1(C)CCCC(Nc2cccc(S(N)(=O)=O)c2)CC1. The van der Waals surface area contributed by atoms with Gasteiger partial charge in [0.05, 0.1) is 4.90 Å². The molecule has 0 amide bonds. The van der Waals surface area contributed by atoms with Gasteiger partial charge in [-0.2, -0.15) is 0 Å². The van der Waals surface area contributed by atoms with Crippen LogP contribution in [0.25, 0.3) is 0 Å². The number of hydrogen-bond acceptors (Lipinski definition) is 3. The molecule has 1 saturated carbocycles. The lowest BCUT2D eigenvalue weighted by Gasteiger charge is -2.22. The molecule has 0 bridgehead atoms. The number of benzene rings is 1. The third-order valence-electron chi connectivity index (χ3n) is 4.11. The van der Waals surface area contributed by atoms with Crippen molar-refractivity contribution in [2.45, 2.75) is 56.9 Å². The van der Waals surface area contributed by atoms with Gasteiger partial charge < -0.3 is 5.32 Å². The standard InChI is InChI=1S/C15H24N2O2S/c1-15(2)9-4-6-12(8-10-15)17-13-5-3-7-14(11-13)20(16,18)19/h3,5,7,11-12,17H,4,6,8-10H2,1-2H3,(H2,16,18,19). The molecule has 2 rings (SSSR count). The fraction of sp³-hybridized carbons (Fsp3) is 0.600. The predicted octanol–water partition coefficient (Wildman–Crippen LogP) is 3.10. The minimum atomic E-state index is -3.63. The average Bonchev–Trinajstić information content (AvgIpc) is 2.50. The summed E-state index contributed by atoms with van der Waals surface area (Å²) in [5.41, 5.74) is 1.25. The minimum Gasteiger partial charge on any atom is -0.382 e. The second-order valence-electron chi connectivity index (χ2n) is 6.51. The molecule has 5 heteroatoms. The number of anilines is 1. The van der Waals surface area contributed by atoms with E-state index >= 15 is 0 Å². The van der Waals surface area contributed by atoms with Crippen LogP contribution in [0.3, 0.4) is 0 Å². The van der Waals surface area contributed by atoms with Crippen molar-refractivity contribution in [1.29, 1.82) is 0 Å². The van der Waals surface area contributed by atoms with Crippen molar-refractivity contribution in [2.24, 2.45) is 10.6 Å². The van der Waals surface area contributed by atoms with E-state index in [-0.39, 0.29) is 4.90 Å². The van der Waals surface area contributed by atoms with E-state index in [0.717, 1.165) is 18.5 Å². The Balaban J connectivity index is 2.07. The molecule has 4 nitrogen and oxygen atoms in total. The first-order chi connectivity index (χ1) is 9.26. The highest BCUT2D eigenvalue weighted by molar-refractivity contribution is 7.89. The molecule has 0 saturated heterocycles. The molecular formula is C15H24N2O2S. The van der Waals surface area contributed by atoms with Gasteiger partial charge in [0.2, 0.25) is 10.0 Å². The average molecular weight is 296 g/mol. The highest BCUT2D eigenvalue weighted by atomic mass is 32.2. The molecule has 20 heavy (non-hydrogen) atoms. The van der Waals surface area contributed by atoms with Crippen LogP contribution in [0.1, 0.15) is 46.0 Å².